The fourth-order valence-electron chi connectivity index (χ4n) is 4.09. The van der Waals surface area contributed by atoms with E-state index in [9.17, 15) is 4.79 Å². The highest BCUT2D eigenvalue weighted by atomic mass is 16.2. The van der Waals surface area contributed by atoms with Crippen molar-refractivity contribution in [2.45, 2.75) is 58.5 Å². The number of pyridine rings is 1. The Labute approximate surface area is 158 Å². The van der Waals surface area contributed by atoms with Gasteiger partial charge in [-0.25, -0.2) is 4.98 Å². The number of carbonyl (C=O) groups excluding carboxylic acids is 1. The van der Waals surface area contributed by atoms with Crippen LogP contribution in [0.1, 0.15) is 56.8 Å². The Morgan fingerprint density at radius 1 is 1.12 bits per heavy atom. The Kier molecular flexibility index (Phi) is 6.17. The van der Waals surface area contributed by atoms with Gasteiger partial charge in [0, 0.05) is 51.5 Å². The summed E-state index contributed by atoms with van der Waals surface area (Å²) in [7, 11) is 2.13. The summed E-state index contributed by atoms with van der Waals surface area (Å²) in [6.07, 6.45) is 6.31. The van der Waals surface area contributed by atoms with Gasteiger partial charge in [0.15, 0.2) is 0 Å². The van der Waals surface area contributed by atoms with Gasteiger partial charge in [-0.3, -0.25) is 4.79 Å². The van der Waals surface area contributed by atoms with Crippen molar-refractivity contribution in [3.63, 3.8) is 0 Å². The third kappa shape index (κ3) is 4.37. The molecule has 0 N–H and O–H groups in total. The Hall–Kier alpha value is -1.62. The van der Waals surface area contributed by atoms with Crippen molar-refractivity contribution in [3.8, 4) is 0 Å². The van der Waals surface area contributed by atoms with Crippen LogP contribution in [0, 0.1) is 5.92 Å². The van der Waals surface area contributed by atoms with E-state index in [0.717, 1.165) is 50.8 Å². The number of carbonyl (C=O) groups is 1. The predicted molar refractivity (Wildman–Crippen MR) is 107 cm³/mol. The summed E-state index contributed by atoms with van der Waals surface area (Å²) in [4.78, 5) is 24.1. The lowest BCUT2D eigenvalue weighted by Gasteiger charge is -2.39. The lowest BCUT2D eigenvalue weighted by Crippen LogP contribution is -2.46. The molecule has 144 valence electrons. The maximum atomic E-state index is 12.7. The largest absolute Gasteiger partial charge is 0.357 e. The predicted octanol–water partition coefficient (Wildman–Crippen LogP) is 3.26. The molecular formula is C21H34N4O. The highest BCUT2D eigenvalue weighted by Gasteiger charge is 2.25. The molecule has 0 aromatic carbocycles. The molecular weight excluding hydrogens is 324 g/mol. The van der Waals surface area contributed by atoms with Gasteiger partial charge < -0.3 is 14.7 Å². The Bertz CT molecular complexity index is 585. The van der Waals surface area contributed by atoms with Crippen LogP contribution in [0.4, 0.5) is 5.82 Å². The van der Waals surface area contributed by atoms with Crippen LogP contribution in [0.2, 0.25) is 0 Å². The molecule has 0 radical (unpaired) electrons. The van der Waals surface area contributed by atoms with Crippen LogP contribution in [0.15, 0.2) is 18.3 Å². The first-order valence-corrected chi connectivity index (χ1v) is 10.2. The zero-order valence-corrected chi connectivity index (χ0v) is 16.8. The number of anilines is 1. The summed E-state index contributed by atoms with van der Waals surface area (Å²) in [5.41, 5.74) is 0.714. The van der Waals surface area contributed by atoms with Crippen LogP contribution in [0.3, 0.4) is 0 Å². The van der Waals surface area contributed by atoms with E-state index < -0.39 is 0 Å². The van der Waals surface area contributed by atoms with Gasteiger partial charge >= 0.3 is 0 Å². The van der Waals surface area contributed by atoms with Gasteiger partial charge in [-0.1, -0.05) is 6.92 Å². The average Bonchev–Trinajstić information content (AvgIpc) is 2.67. The van der Waals surface area contributed by atoms with Crippen molar-refractivity contribution in [3.05, 3.63) is 23.9 Å². The quantitative estimate of drug-likeness (QED) is 0.828. The van der Waals surface area contributed by atoms with Crippen LogP contribution in [-0.4, -0.2) is 66.0 Å². The smallest absolute Gasteiger partial charge is 0.255 e. The number of likely N-dealkylation sites (tertiary alicyclic amines) is 2. The maximum Gasteiger partial charge on any atom is 0.255 e. The van der Waals surface area contributed by atoms with E-state index in [1.807, 2.05) is 17.0 Å². The monoisotopic (exact) mass is 358 g/mol. The van der Waals surface area contributed by atoms with E-state index in [1.54, 1.807) is 6.20 Å². The van der Waals surface area contributed by atoms with E-state index in [-0.39, 0.29) is 5.91 Å². The van der Waals surface area contributed by atoms with Gasteiger partial charge in [0.25, 0.3) is 5.91 Å². The second-order valence-corrected chi connectivity index (χ2v) is 8.35. The molecule has 0 spiro atoms. The highest BCUT2D eigenvalue weighted by Crippen LogP contribution is 2.23. The molecule has 0 unspecified atom stereocenters. The van der Waals surface area contributed by atoms with Crippen LogP contribution in [0.25, 0.3) is 0 Å². The highest BCUT2D eigenvalue weighted by molar-refractivity contribution is 5.94. The summed E-state index contributed by atoms with van der Waals surface area (Å²) in [5, 5.41) is 0. The minimum Gasteiger partial charge on any atom is -0.357 e. The molecule has 26 heavy (non-hydrogen) atoms. The number of aromatic nitrogens is 1. The topological polar surface area (TPSA) is 39.7 Å². The molecule has 3 heterocycles. The van der Waals surface area contributed by atoms with E-state index in [0.29, 0.717) is 17.6 Å². The zero-order chi connectivity index (χ0) is 18.7. The molecule has 3 rings (SSSR count). The minimum absolute atomic E-state index is 0.129. The first kappa shape index (κ1) is 19.2. The molecule has 5 nitrogen and oxygen atoms in total. The van der Waals surface area contributed by atoms with Crippen molar-refractivity contribution in [1.82, 2.24) is 14.8 Å². The summed E-state index contributed by atoms with van der Waals surface area (Å²) in [6.45, 7) is 10.8. The Morgan fingerprint density at radius 3 is 2.31 bits per heavy atom. The molecule has 2 fully saturated rings. The maximum absolute atomic E-state index is 12.7. The fraction of sp³-hybridized carbons (Fsp3) is 0.714. The summed E-state index contributed by atoms with van der Waals surface area (Å²) < 4.78 is 0. The first-order valence-electron chi connectivity index (χ1n) is 10.2. The SMILES string of the molecule is CC1CCN(C(=O)c2ccc(N(C)C3CCN(C(C)C)CC3)nc2)CC1. The van der Waals surface area contributed by atoms with Gasteiger partial charge in [0.1, 0.15) is 5.82 Å². The number of piperidine rings is 2. The number of hydrogen-bond donors (Lipinski definition) is 0. The third-order valence-corrected chi connectivity index (χ3v) is 6.20. The zero-order valence-electron chi connectivity index (χ0n) is 16.8. The number of rotatable bonds is 4. The van der Waals surface area contributed by atoms with Gasteiger partial charge in [-0.15, -0.1) is 0 Å². The van der Waals surface area contributed by atoms with Gasteiger partial charge in [-0.2, -0.15) is 0 Å². The average molecular weight is 359 g/mol. The second-order valence-electron chi connectivity index (χ2n) is 8.35. The molecule has 0 saturated carbocycles. The molecule has 0 bridgehead atoms. The van der Waals surface area contributed by atoms with Crippen LogP contribution in [0.5, 0.6) is 0 Å². The van der Waals surface area contributed by atoms with Crippen LogP contribution in [-0.2, 0) is 0 Å². The second kappa shape index (κ2) is 8.38. The van der Waals surface area contributed by atoms with Crippen LogP contribution < -0.4 is 4.90 Å². The number of hydrogen-bond acceptors (Lipinski definition) is 4. The lowest BCUT2D eigenvalue weighted by molar-refractivity contribution is 0.0697. The third-order valence-electron chi connectivity index (χ3n) is 6.20. The normalized spacial score (nSPS) is 20.6. The molecule has 0 aliphatic carbocycles. The van der Waals surface area contributed by atoms with Crippen LogP contribution >= 0.6 is 0 Å². The number of amides is 1. The lowest BCUT2D eigenvalue weighted by atomic mass is 9.99. The molecule has 5 heteroatoms. The molecule has 1 amide bonds. The minimum atomic E-state index is 0.129. The van der Waals surface area contributed by atoms with Crippen molar-refractivity contribution < 1.29 is 4.79 Å². The van der Waals surface area contributed by atoms with E-state index in [1.165, 1.54) is 12.8 Å². The Balaban J connectivity index is 1.58. The van der Waals surface area contributed by atoms with Gasteiger partial charge in [-0.05, 0) is 57.6 Å². The molecule has 2 aliphatic rings. The summed E-state index contributed by atoms with van der Waals surface area (Å²) in [6, 6.07) is 5.11. The van der Waals surface area contributed by atoms with Crippen molar-refractivity contribution in [2.75, 3.05) is 38.1 Å². The van der Waals surface area contributed by atoms with Crippen molar-refractivity contribution in [1.29, 1.82) is 0 Å². The van der Waals surface area contributed by atoms with E-state index >= 15 is 0 Å². The first-order chi connectivity index (χ1) is 12.5. The molecule has 1 aromatic heterocycles. The number of nitrogens with zero attached hydrogens (tertiary/aromatic N) is 4. The van der Waals surface area contributed by atoms with Crippen molar-refractivity contribution in [2.24, 2.45) is 5.92 Å². The fourth-order valence-corrected chi connectivity index (χ4v) is 4.09. The van der Waals surface area contributed by atoms with Crippen molar-refractivity contribution >= 4 is 11.7 Å². The Morgan fingerprint density at radius 2 is 1.77 bits per heavy atom. The van der Waals surface area contributed by atoms with Gasteiger partial charge in [0.05, 0.1) is 5.56 Å². The standard InChI is InChI=1S/C21H34N4O/c1-16(2)24-13-9-19(10-14-24)23(4)20-6-5-18(15-22-20)21(26)25-11-7-17(3)8-12-25/h5-6,15-17,19H,7-14H2,1-4H3. The summed E-state index contributed by atoms with van der Waals surface area (Å²) >= 11 is 0. The molecule has 0 atom stereocenters. The molecule has 2 aliphatic heterocycles. The molecule has 2 saturated heterocycles. The van der Waals surface area contributed by atoms with E-state index in [2.05, 4.69) is 42.6 Å². The molecule has 1 aromatic rings. The summed E-state index contributed by atoms with van der Waals surface area (Å²) in [5.74, 6) is 1.83. The van der Waals surface area contributed by atoms with E-state index in [4.69, 9.17) is 0 Å². The van der Waals surface area contributed by atoms with Gasteiger partial charge in [0.2, 0.25) is 0 Å².